The monoisotopic (exact) mass is 480 g/mol. The first-order valence-electron chi connectivity index (χ1n) is 9.90. The van der Waals surface area contributed by atoms with E-state index >= 15 is 0 Å². The topological polar surface area (TPSA) is 45.3 Å². The number of nitrogens with zero attached hydrogens (tertiary/aromatic N) is 1. The maximum absolute atomic E-state index is 13.4. The normalized spacial score (nSPS) is 15.9. The number of H-pyrrole nitrogens is 1. The van der Waals surface area contributed by atoms with Crippen LogP contribution in [0.2, 0.25) is 0 Å². The number of amides is 1. The summed E-state index contributed by atoms with van der Waals surface area (Å²) in [5.74, 6) is 1.000. The molecule has 1 aliphatic rings. The van der Waals surface area contributed by atoms with E-state index in [9.17, 15) is 4.79 Å². The van der Waals surface area contributed by atoms with Crippen LogP contribution < -0.4 is 4.74 Å². The van der Waals surface area contributed by atoms with Gasteiger partial charge in [0.1, 0.15) is 11.8 Å². The molecule has 0 spiro atoms. The molecule has 4 aromatic rings. The smallest absolute Gasteiger partial charge is 0.227 e. The maximum Gasteiger partial charge on any atom is 0.227 e. The molecule has 0 radical (unpaired) electrons. The Bertz CT molecular complexity index is 1210. The number of benzene rings is 2. The lowest BCUT2D eigenvalue weighted by atomic mass is 9.95. The number of carbonyl (C=O) groups excluding carboxylic acids is 1. The maximum atomic E-state index is 13.4. The number of hydrogen-bond acceptors (Lipinski definition) is 3. The van der Waals surface area contributed by atoms with Crippen LogP contribution in [0.15, 0.2) is 64.5 Å². The second kappa shape index (κ2) is 7.93. The number of carbonyl (C=O) groups is 1. The number of aromatic nitrogens is 1. The summed E-state index contributed by atoms with van der Waals surface area (Å²) in [4.78, 5) is 20.2. The van der Waals surface area contributed by atoms with Gasteiger partial charge < -0.3 is 14.6 Å². The number of ether oxygens (including phenoxy) is 1. The zero-order valence-corrected chi connectivity index (χ0v) is 18.9. The lowest BCUT2D eigenvalue weighted by Gasteiger charge is -2.35. The molecule has 0 unspecified atom stereocenters. The van der Waals surface area contributed by atoms with E-state index in [0.717, 1.165) is 38.3 Å². The van der Waals surface area contributed by atoms with Gasteiger partial charge in [0, 0.05) is 37.9 Å². The Balaban J connectivity index is 1.59. The molecule has 5 rings (SSSR count). The molecule has 152 valence electrons. The number of fused-ring (bicyclic) bond motifs is 3. The van der Waals surface area contributed by atoms with Crippen LogP contribution in [0.3, 0.4) is 0 Å². The third kappa shape index (κ3) is 3.44. The van der Waals surface area contributed by atoms with E-state index < -0.39 is 0 Å². The molecule has 0 fully saturated rings. The van der Waals surface area contributed by atoms with Crippen molar-refractivity contribution in [3.8, 4) is 5.75 Å². The fraction of sp³-hybridized carbons (Fsp3) is 0.208. The minimum atomic E-state index is -0.111. The Morgan fingerprint density at radius 1 is 1.23 bits per heavy atom. The number of methoxy groups -OCH3 is 1. The van der Waals surface area contributed by atoms with Crippen molar-refractivity contribution in [2.45, 2.75) is 18.9 Å². The average molecular weight is 481 g/mol. The fourth-order valence-electron chi connectivity index (χ4n) is 4.30. The summed E-state index contributed by atoms with van der Waals surface area (Å²) in [6, 6.07) is 18.1. The molecule has 2 aromatic heterocycles. The van der Waals surface area contributed by atoms with E-state index in [4.69, 9.17) is 4.74 Å². The van der Waals surface area contributed by atoms with Crippen molar-refractivity contribution < 1.29 is 9.53 Å². The molecular weight excluding hydrogens is 460 g/mol. The number of halogens is 1. The predicted molar refractivity (Wildman–Crippen MR) is 124 cm³/mol. The molecule has 6 heteroatoms. The van der Waals surface area contributed by atoms with E-state index in [0.29, 0.717) is 13.0 Å². The summed E-state index contributed by atoms with van der Waals surface area (Å²) in [5, 5.41) is 3.26. The Hall–Kier alpha value is -2.57. The van der Waals surface area contributed by atoms with Crippen molar-refractivity contribution in [2.75, 3.05) is 13.7 Å². The van der Waals surface area contributed by atoms with E-state index in [1.807, 2.05) is 41.3 Å². The van der Waals surface area contributed by atoms with Gasteiger partial charge in [-0.2, -0.15) is 0 Å². The van der Waals surface area contributed by atoms with E-state index in [1.165, 1.54) is 10.9 Å². The SMILES string of the molecule is COc1ccc2[nH]c3c(c2c1)CCN(C(=O)Cc1ccccc1)[C@H]3c1cc(Br)cs1. The molecule has 0 saturated carbocycles. The van der Waals surface area contributed by atoms with Crippen molar-refractivity contribution in [3.63, 3.8) is 0 Å². The van der Waals surface area contributed by atoms with Gasteiger partial charge in [0.2, 0.25) is 5.91 Å². The van der Waals surface area contributed by atoms with Crippen molar-refractivity contribution in [1.29, 1.82) is 0 Å². The van der Waals surface area contributed by atoms with Gasteiger partial charge in [-0.1, -0.05) is 30.3 Å². The van der Waals surface area contributed by atoms with Gasteiger partial charge >= 0.3 is 0 Å². The average Bonchev–Trinajstić information content (AvgIpc) is 3.36. The molecule has 1 N–H and O–H groups in total. The molecule has 0 bridgehead atoms. The molecule has 1 aliphatic heterocycles. The van der Waals surface area contributed by atoms with Gasteiger partial charge in [-0.3, -0.25) is 4.79 Å². The second-order valence-electron chi connectivity index (χ2n) is 7.50. The third-order valence-electron chi connectivity index (χ3n) is 5.71. The van der Waals surface area contributed by atoms with E-state index in [1.54, 1.807) is 18.4 Å². The zero-order valence-electron chi connectivity index (χ0n) is 16.5. The highest BCUT2D eigenvalue weighted by molar-refractivity contribution is 9.10. The first-order chi connectivity index (χ1) is 14.6. The molecule has 30 heavy (non-hydrogen) atoms. The largest absolute Gasteiger partial charge is 0.497 e. The highest BCUT2D eigenvalue weighted by Crippen LogP contribution is 2.42. The van der Waals surface area contributed by atoms with Crippen LogP contribution in [0.1, 0.15) is 27.7 Å². The van der Waals surface area contributed by atoms with Crippen LogP contribution in [0, 0.1) is 0 Å². The number of nitrogens with one attached hydrogen (secondary N) is 1. The second-order valence-corrected chi connectivity index (χ2v) is 9.36. The standard InChI is InChI=1S/C24H21BrN2O2S/c1-29-17-7-8-20-19(13-17)18-9-10-27(22(28)11-15-5-3-2-4-6-15)24(23(18)26-20)21-12-16(25)14-30-21/h2-8,12-14,24,26H,9-11H2,1H3/t24-/m0/s1. The Labute approximate surface area is 187 Å². The van der Waals surface area contributed by atoms with Crippen molar-refractivity contribution in [2.24, 2.45) is 0 Å². The molecular formula is C24H21BrN2O2S. The Kier molecular flexibility index (Phi) is 5.13. The molecule has 0 saturated heterocycles. The minimum Gasteiger partial charge on any atom is -0.497 e. The minimum absolute atomic E-state index is 0.111. The first kappa shape index (κ1) is 19.4. The third-order valence-corrected chi connectivity index (χ3v) is 7.46. The zero-order chi connectivity index (χ0) is 20.7. The van der Waals surface area contributed by atoms with Crippen LogP contribution in [-0.4, -0.2) is 29.4 Å². The van der Waals surface area contributed by atoms with Gasteiger partial charge in [-0.25, -0.2) is 0 Å². The van der Waals surface area contributed by atoms with Crippen LogP contribution in [0.25, 0.3) is 10.9 Å². The van der Waals surface area contributed by atoms with E-state index in [-0.39, 0.29) is 11.9 Å². The van der Waals surface area contributed by atoms with Crippen LogP contribution >= 0.6 is 27.3 Å². The number of aromatic amines is 1. The van der Waals surface area contributed by atoms with Crippen molar-refractivity contribution in [1.82, 2.24) is 9.88 Å². The van der Waals surface area contributed by atoms with Gasteiger partial charge in [0.15, 0.2) is 0 Å². The highest BCUT2D eigenvalue weighted by atomic mass is 79.9. The number of rotatable bonds is 4. The summed E-state index contributed by atoms with van der Waals surface area (Å²) in [6.07, 6.45) is 1.24. The quantitative estimate of drug-likeness (QED) is 0.406. The molecule has 4 nitrogen and oxygen atoms in total. The molecule has 2 aromatic carbocycles. The molecule has 1 amide bonds. The molecule has 3 heterocycles. The Morgan fingerprint density at radius 3 is 2.80 bits per heavy atom. The lowest BCUT2D eigenvalue weighted by molar-refractivity contribution is -0.132. The van der Waals surface area contributed by atoms with Crippen LogP contribution in [0.4, 0.5) is 0 Å². The van der Waals surface area contributed by atoms with Crippen LogP contribution in [-0.2, 0) is 17.6 Å². The van der Waals surface area contributed by atoms with E-state index in [2.05, 4.69) is 44.5 Å². The molecule has 0 aliphatic carbocycles. The lowest BCUT2D eigenvalue weighted by Crippen LogP contribution is -2.41. The van der Waals surface area contributed by atoms with Gasteiger partial charge in [-0.05, 0) is 57.7 Å². The van der Waals surface area contributed by atoms with Crippen LogP contribution in [0.5, 0.6) is 5.75 Å². The fourth-order valence-corrected chi connectivity index (χ4v) is 5.87. The van der Waals surface area contributed by atoms with Gasteiger partial charge in [-0.15, -0.1) is 11.3 Å². The number of thiophene rings is 1. The van der Waals surface area contributed by atoms with Gasteiger partial charge in [0.25, 0.3) is 0 Å². The molecule has 1 atom stereocenters. The summed E-state index contributed by atoms with van der Waals surface area (Å²) >= 11 is 5.26. The Morgan fingerprint density at radius 2 is 2.07 bits per heavy atom. The van der Waals surface area contributed by atoms with Gasteiger partial charge in [0.05, 0.1) is 13.5 Å². The first-order valence-corrected chi connectivity index (χ1v) is 11.6. The summed E-state index contributed by atoms with van der Waals surface area (Å²) in [6.45, 7) is 0.697. The summed E-state index contributed by atoms with van der Waals surface area (Å²) in [5.41, 5.74) is 4.52. The van der Waals surface area contributed by atoms with Crippen molar-refractivity contribution >= 4 is 44.1 Å². The number of hydrogen-bond donors (Lipinski definition) is 1. The van der Waals surface area contributed by atoms with Crippen molar-refractivity contribution in [3.05, 3.63) is 86.1 Å². The summed E-state index contributed by atoms with van der Waals surface area (Å²) in [7, 11) is 1.69. The predicted octanol–water partition coefficient (Wildman–Crippen LogP) is 5.72. The highest BCUT2D eigenvalue weighted by Gasteiger charge is 2.35. The summed E-state index contributed by atoms with van der Waals surface area (Å²) < 4.78 is 6.49.